The number of nitrogens with one attached hydrogen (secondary N) is 1. The van der Waals surface area contributed by atoms with Crippen LogP contribution in [-0.4, -0.2) is 39.8 Å². The molecule has 0 bridgehead atoms. The average Bonchev–Trinajstić information content (AvgIpc) is 3.37. The summed E-state index contributed by atoms with van der Waals surface area (Å²) in [6.45, 7) is 4.15. The van der Waals surface area contributed by atoms with Crippen LogP contribution in [0.4, 0.5) is 5.82 Å². The number of hydrogen-bond donors (Lipinski definition) is 1. The molecule has 2 aromatic carbocycles. The fourth-order valence-corrected chi connectivity index (χ4v) is 4.59. The first kappa shape index (κ1) is 20.1. The van der Waals surface area contributed by atoms with Crippen LogP contribution in [-0.2, 0) is 11.2 Å². The van der Waals surface area contributed by atoms with E-state index in [1.807, 2.05) is 64.8 Å². The van der Waals surface area contributed by atoms with E-state index in [4.69, 9.17) is 4.98 Å². The van der Waals surface area contributed by atoms with Gasteiger partial charge in [0.25, 0.3) is 0 Å². The summed E-state index contributed by atoms with van der Waals surface area (Å²) in [6, 6.07) is 22.5. The SMILES string of the molecule is Cc1cc(NCC2CC(=O)N(CCc3ccccc3)C2)n2c(nc3ccccc32)c1C#N. The molecule has 1 aliphatic rings. The molecule has 0 saturated carbocycles. The number of benzene rings is 2. The van der Waals surface area contributed by atoms with Crippen LogP contribution < -0.4 is 5.32 Å². The standard InChI is InChI=1S/C26H25N5O/c1-18-13-24(31-23-10-6-5-9-22(23)29-26(31)21(18)15-27)28-16-20-14-25(32)30(17-20)12-11-19-7-3-2-4-8-19/h2-10,13,20,28H,11-12,14,16-17H2,1H3. The number of hydrogen-bond acceptors (Lipinski definition) is 4. The first-order chi connectivity index (χ1) is 15.6. The van der Waals surface area contributed by atoms with E-state index in [9.17, 15) is 10.1 Å². The van der Waals surface area contributed by atoms with Gasteiger partial charge in [-0.05, 0) is 42.7 Å². The molecular formula is C26H25N5O. The number of likely N-dealkylation sites (tertiary alicyclic amines) is 1. The van der Waals surface area contributed by atoms with E-state index in [-0.39, 0.29) is 11.8 Å². The molecule has 2 aromatic heterocycles. The maximum atomic E-state index is 12.5. The minimum Gasteiger partial charge on any atom is -0.371 e. The Kier molecular flexibility index (Phi) is 5.24. The van der Waals surface area contributed by atoms with Crippen LogP contribution in [0.1, 0.15) is 23.1 Å². The third-order valence-electron chi connectivity index (χ3n) is 6.26. The summed E-state index contributed by atoms with van der Waals surface area (Å²) in [5.41, 5.74) is 5.24. The van der Waals surface area contributed by atoms with E-state index in [2.05, 4.69) is 23.5 Å². The summed E-state index contributed by atoms with van der Waals surface area (Å²) in [5.74, 6) is 1.38. The lowest BCUT2D eigenvalue weighted by molar-refractivity contribution is -0.127. The van der Waals surface area contributed by atoms with Crippen LogP contribution in [0.15, 0.2) is 60.7 Å². The topological polar surface area (TPSA) is 73.4 Å². The Balaban J connectivity index is 1.33. The molecule has 1 saturated heterocycles. The molecule has 160 valence electrons. The van der Waals surface area contributed by atoms with Crippen molar-refractivity contribution in [2.24, 2.45) is 5.92 Å². The number of carbonyl (C=O) groups excluding carboxylic acids is 1. The molecule has 3 heterocycles. The van der Waals surface area contributed by atoms with Gasteiger partial charge in [-0.2, -0.15) is 5.26 Å². The highest BCUT2D eigenvalue weighted by atomic mass is 16.2. The van der Waals surface area contributed by atoms with Gasteiger partial charge in [0.05, 0.1) is 16.6 Å². The molecule has 1 N–H and O–H groups in total. The minimum atomic E-state index is 0.224. The minimum absolute atomic E-state index is 0.224. The Morgan fingerprint density at radius 3 is 2.75 bits per heavy atom. The quantitative estimate of drug-likeness (QED) is 0.505. The van der Waals surface area contributed by atoms with Crippen LogP contribution in [0.3, 0.4) is 0 Å². The molecule has 0 aliphatic carbocycles. The number of aromatic nitrogens is 2. The van der Waals surface area contributed by atoms with Crippen molar-refractivity contribution in [1.29, 1.82) is 5.26 Å². The van der Waals surface area contributed by atoms with Crippen molar-refractivity contribution in [3.8, 4) is 6.07 Å². The zero-order valence-electron chi connectivity index (χ0n) is 18.1. The molecule has 1 amide bonds. The molecule has 1 aliphatic heterocycles. The van der Waals surface area contributed by atoms with Gasteiger partial charge in [-0.1, -0.05) is 42.5 Å². The second kappa shape index (κ2) is 8.35. The van der Waals surface area contributed by atoms with Gasteiger partial charge in [-0.3, -0.25) is 9.20 Å². The van der Waals surface area contributed by atoms with Crippen molar-refractivity contribution in [2.75, 3.05) is 25.0 Å². The number of rotatable bonds is 6. The van der Waals surface area contributed by atoms with E-state index < -0.39 is 0 Å². The Morgan fingerprint density at radius 2 is 1.94 bits per heavy atom. The molecule has 0 spiro atoms. The average molecular weight is 424 g/mol. The largest absolute Gasteiger partial charge is 0.371 e. The van der Waals surface area contributed by atoms with Crippen molar-refractivity contribution < 1.29 is 4.79 Å². The number of nitrogens with zero attached hydrogens (tertiary/aromatic N) is 4. The second-order valence-corrected chi connectivity index (χ2v) is 8.49. The lowest BCUT2D eigenvalue weighted by Gasteiger charge is -2.18. The number of carbonyl (C=O) groups is 1. The summed E-state index contributed by atoms with van der Waals surface area (Å²) in [5, 5.41) is 13.2. The normalized spacial score (nSPS) is 16.1. The van der Waals surface area contributed by atoms with Gasteiger partial charge in [-0.25, -0.2) is 4.98 Å². The number of fused-ring (bicyclic) bond motifs is 3. The number of imidazole rings is 1. The fraction of sp³-hybridized carbons (Fsp3) is 0.269. The monoisotopic (exact) mass is 423 g/mol. The third kappa shape index (κ3) is 3.67. The maximum Gasteiger partial charge on any atom is 0.223 e. The third-order valence-corrected chi connectivity index (χ3v) is 6.26. The fourth-order valence-electron chi connectivity index (χ4n) is 4.59. The molecule has 1 unspecified atom stereocenters. The molecule has 5 rings (SSSR count). The van der Waals surface area contributed by atoms with Crippen LogP contribution in [0.5, 0.6) is 0 Å². The number of pyridine rings is 1. The smallest absolute Gasteiger partial charge is 0.223 e. The van der Waals surface area contributed by atoms with Crippen molar-refractivity contribution >= 4 is 28.4 Å². The Labute approximate surface area is 187 Å². The summed E-state index contributed by atoms with van der Waals surface area (Å²) >= 11 is 0. The van der Waals surface area contributed by atoms with Crippen LogP contribution in [0.2, 0.25) is 0 Å². The van der Waals surface area contributed by atoms with Gasteiger partial charge < -0.3 is 10.2 Å². The van der Waals surface area contributed by atoms with Gasteiger partial charge in [0.1, 0.15) is 11.9 Å². The van der Waals surface area contributed by atoms with Gasteiger partial charge in [0.2, 0.25) is 5.91 Å². The van der Waals surface area contributed by atoms with E-state index in [1.165, 1.54) is 5.56 Å². The predicted molar refractivity (Wildman–Crippen MR) is 125 cm³/mol. The first-order valence-electron chi connectivity index (χ1n) is 11.0. The van der Waals surface area contributed by atoms with Gasteiger partial charge in [0.15, 0.2) is 5.65 Å². The first-order valence-corrected chi connectivity index (χ1v) is 11.0. The highest BCUT2D eigenvalue weighted by molar-refractivity contribution is 5.85. The van der Waals surface area contributed by atoms with E-state index in [1.54, 1.807) is 0 Å². The van der Waals surface area contributed by atoms with Gasteiger partial charge >= 0.3 is 0 Å². The number of nitriles is 1. The van der Waals surface area contributed by atoms with E-state index >= 15 is 0 Å². The summed E-state index contributed by atoms with van der Waals surface area (Å²) < 4.78 is 2.02. The maximum absolute atomic E-state index is 12.5. The molecule has 1 fully saturated rings. The summed E-state index contributed by atoms with van der Waals surface area (Å²) in [7, 11) is 0. The van der Waals surface area contributed by atoms with Gasteiger partial charge in [-0.15, -0.1) is 0 Å². The lowest BCUT2D eigenvalue weighted by atomic mass is 10.1. The Bertz CT molecular complexity index is 1340. The van der Waals surface area contributed by atoms with Crippen LogP contribution in [0.25, 0.3) is 16.7 Å². The number of aryl methyl sites for hydroxylation is 1. The summed E-state index contributed by atoms with van der Waals surface area (Å²) in [6.07, 6.45) is 1.44. The molecule has 1 atom stereocenters. The van der Waals surface area contributed by atoms with Gasteiger partial charge in [0, 0.05) is 32.0 Å². The second-order valence-electron chi connectivity index (χ2n) is 8.49. The molecule has 4 aromatic rings. The zero-order chi connectivity index (χ0) is 22.1. The van der Waals surface area contributed by atoms with E-state index in [0.717, 1.165) is 41.9 Å². The van der Waals surface area contributed by atoms with Crippen LogP contribution >= 0.6 is 0 Å². The number of para-hydroxylation sites is 2. The van der Waals surface area contributed by atoms with Crippen LogP contribution in [0, 0.1) is 24.2 Å². The lowest BCUT2D eigenvalue weighted by Crippen LogP contribution is -2.28. The van der Waals surface area contributed by atoms with Crippen molar-refractivity contribution in [3.63, 3.8) is 0 Å². The number of amides is 1. The highest BCUT2D eigenvalue weighted by Crippen LogP contribution is 2.27. The Hall–Kier alpha value is -3.85. The highest BCUT2D eigenvalue weighted by Gasteiger charge is 2.29. The Morgan fingerprint density at radius 1 is 1.16 bits per heavy atom. The number of anilines is 1. The molecule has 6 nitrogen and oxygen atoms in total. The molecular weight excluding hydrogens is 398 g/mol. The van der Waals surface area contributed by atoms with Crippen molar-refractivity contribution in [2.45, 2.75) is 19.8 Å². The summed E-state index contributed by atoms with van der Waals surface area (Å²) in [4.78, 5) is 19.2. The van der Waals surface area contributed by atoms with Crippen molar-refractivity contribution in [3.05, 3.63) is 77.4 Å². The molecule has 0 radical (unpaired) electrons. The van der Waals surface area contributed by atoms with Crippen molar-refractivity contribution in [1.82, 2.24) is 14.3 Å². The molecule has 32 heavy (non-hydrogen) atoms. The predicted octanol–water partition coefficient (Wildman–Crippen LogP) is 4.17. The zero-order valence-corrected chi connectivity index (χ0v) is 18.1. The molecule has 6 heteroatoms. The van der Waals surface area contributed by atoms with E-state index in [0.29, 0.717) is 24.2 Å².